The Morgan fingerprint density at radius 1 is 1.13 bits per heavy atom. The molecule has 0 amide bonds. The van der Waals surface area contributed by atoms with Crippen molar-refractivity contribution < 1.29 is 9.47 Å². The molecule has 1 atom stereocenters. The molecule has 0 aliphatic heterocycles. The van der Waals surface area contributed by atoms with Crippen LogP contribution >= 0.6 is 0 Å². The molecule has 2 rings (SSSR count). The van der Waals surface area contributed by atoms with E-state index in [1.165, 1.54) is 44.9 Å². The topological polar surface area (TPSA) is 18.5 Å². The van der Waals surface area contributed by atoms with E-state index in [0.717, 1.165) is 5.92 Å². The Balaban J connectivity index is 1.58. The van der Waals surface area contributed by atoms with E-state index in [1.807, 2.05) is 7.11 Å². The highest BCUT2D eigenvalue weighted by Gasteiger charge is 2.30. The number of methoxy groups -OCH3 is 1. The lowest BCUT2D eigenvalue weighted by molar-refractivity contribution is -0.0475. The van der Waals surface area contributed by atoms with Gasteiger partial charge in [0.15, 0.2) is 0 Å². The maximum atomic E-state index is 6.05. The average Bonchev–Trinajstić information content (AvgIpc) is 2.63. The number of rotatable bonds is 5. The lowest BCUT2D eigenvalue weighted by Crippen LogP contribution is -2.33. The third-order valence-electron chi connectivity index (χ3n) is 3.92. The molecule has 0 spiro atoms. The quantitative estimate of drug-likeness (QED) is 0.697. The predicted octanol–water partition coefficient (Wildman–Crippen LogP) is 3.15. The molecule has 0 aromatic heterocycles. The third kappa shape index (κ3) is 3.18. The maximum absolute atomic E-state index is 6.05. The van der Waals surface area contributed by atoms with Crippen LogP contribution in [0.3, 0.4) is 0 Å². The Morgan fingerprint density at radius 2 is 1.80 bits per heavy atom. The Morgan fingerprint density at radius 3 is 2.40 bits per heavy atom. The normalized spacial score (nSPS) is 34.0. The van der Waals surface area contributed by atoms with E-state index in [1.54, 1.807) is 0 Å². The van der Waals surface area contributed by atoms with Gasteiger partial charge in [0, 0.05) is 7.11 Å². The zero-order valence-electron chi connectivity index (χ0n) is 10.1. The van der Waals surface area contributed by atoms with Gasteiger partial charge in [-0.15, -0.1) is 0 Å². The Kier molecular flexibility index (Phi) is 4.04. The van der Waals surface area contributed by atoms with Crippen LogP contribution in [0.25, 0.3) is 0 Å². The first-order valence-electron chi connectivity index (χ1n) is 6.46. The third-order valence-corrected chi connectivity index (χ3v) is 3.92. The SMILES string of the molecule is COC1CC(CC(C)OC2CCCC2)C1. The fourth-order valence-electron chi connectivity index (χ4n) is 2.94. The fraction of sp³-hybridized carbons (Fsp3) is 1.00. The maximum Gasteiger partial charge on any atom is 0.0578 e. The zero-order valence-corrected chi connectivity index (χ0v) is 10.1. The summed E-state index contributed by atoms with van der Waals surface area (Å²) in [5, 5.41) is 0. The molecule has 1 unspecified atom stereocenters. The van der Waals surface area contributed by atoms with Crippen molar-refractivity contribution in [2.45, 2.75) is 70.2 Å². The molecule has 0 heterocycles. The smallest absolute Gasteiger partial charge is 0.0578 e. The molecule has 0 radical (unpaired) electrons. The van der Waals surface area contributed by atoms with Crippen molar-refractivity contribution in [1.82, 2.24) is 0 Å². The first-order valence-corrected chi connectivity index (χ1v) is 6.46. The van der Waals surface area contributed by atoms with E-state index in [-0.39, 0.29) is 0 Å². The molecule has 88 valence electrons. The van der Waals surface area contributed by atoms with Gasteiger partial charge in [-0.3, -0.25) is 0 Å². The summed E-state index contributed by atoms with van der Waals surface area (Å²) in [5.41, 5.74) is 0. The molecule has 2 aliphatic carbocycles. The number of hydrogen-bond donors (Lipinski definition) is 0. The van der Waals surface area contributed by atoms with E-state index in [9.17, 15) is 0 Å². The molecule has 0 saturated heterocycles. The van der Waals surface area contributed by atoms with Gasteiger partial charge in [-0.25, -0.2) is 0 Å². The van der Waals surface area contributed by atoms with E-state index in [2.05, 4.69) is 6.92 Å². The molecule has 0 aromatic carbocycles. The van der Waals surface area contributed by atoms with E-state index >= 15 is 0 Å². The van der Waals surface area contributed by atoms with Crippen LogP contribution < -0.4 is 0 Å². The van der Waals surface area contributed by atoms with Crippen LogP contribution in [0.15, 0.2) is 0 Å². The fourth-order valence-corrected chi connectivity index (χ4v) is 2.94. The van der Waals surface area contributed by atoms with Gasteiger partial charge in [0.25, 0.3) is 0 Å². The molecule has 15 heavy (non-hydrogen) atoms. The monoisotopic (exact) mass is 212 g/mol. The van der Waals surface area contributed by atoms with Gasteiger partial charge in [0.1, 0.15) is 0 Å². The molecule has 2 aliphatic rings. The van der Waals surface area contributed by atoms with E-state index < -0.39 is 0 Å². The van der Waals surface area contributed by atoms with Crippen molar-refractivity contribution >= 4 is 0 Å². The molecular weight excluding hydrogens is 188 g/mol. The Bertz CT molecular complexity index is 181. The lowest BCUT2D eigenvalue weighted by Gasteiger charge is -2.36. The summed E-state index contributed by atoms with van der Waals surface area (Å²) in [6, 6.07) is 0. The van der Waals surface area contributed by atoms with Gasteiger partial charge in [-0.2, -0.15) is 0 Å². The molecule has 0 bridgehead atoms. The van der Waals surface area contributed by atoms with Crippen LogP contribution in [0, 0.1) is 5.92 Å². The summed E-state index contributed by atoms with van der Waals surface area (Å²) in [5.74, 6) is 0.853. The van der Waals surface area contributed by atoms with Crippen LogP contribution in [0.5, 0.6) is 0 Å². The van der Waals surface area contributed by atoms with Crippen molar-refractivity contribution in [3.63, 3.8) is 0 Å². The summed E-state index contributed by atoms with van der Waals surface area (Å²) >= 11 is 0. The van der Waals surface area contributed by atoms with E-state index in [0.29, 0.717) is 18.3 Å². The molecular formula is C13H24O2. The van der Waals surface area contributed by atoms with Crippen LogP contribution in [0.4, 0.5) is 0 Å². The van der Waals surface area contributed by atoms with Crippen molar-refractivity contribution in [2.75, 3.05) is 7.11 Å². The second-order valence-electron chi connectivity index (χ2n) is 5.28. The second kappa shape index (κ2) is 5.31. The highest BCUT2D eigenvalue weighted by Crippen LogP contribution is 2.34. The van der Waals surface area contributed by atoms with Crippen LogP contribution in [-0.4, -0.2) is 25.4 Å². The van der Waals surface area contributed by atoms with Gasteiger partial charge < -0.3 is 9.47 Å². The van der Waals surface area contributed by atoms with Crippen molar-refractivity contribution in [3.8, 4) is 0 Å². The highest BCUT2D eigenvalue weighted by molar-refractivity contribution is 4.81. The van der Waals surface area contributed by atoms with Crippen LogP contribution in [-0.2, 0) is 9.47 Å². The zero-order chi connectivity index (χ0) is 10.7. The molecule has 0 aromatic rings. The number of ether oxygens (including phenoxy) is 2. The molecule has 2 heteroatoms. The summed E-state index contributed by atoms with van der Waals surface area (Å²) in [7, 11) is 1.82. The Labute approximate surface area is 93.3 Å². The van der Waals surface area contributed by atoms with Crippen molar-refractivity contribution in [3.05, 3.63) is 0 Å². The van der Waals surface area contributed by atoms with E-state index in [4.69, 9.17) is 9.47 Å². The summed E-state index contributed by atoms with van der Waals surface area (Å²) in [6.45, 7) is 2.23. The minimum Gasteiger partial charge on any atom is -0.381 e. The molecule has 0 N–H and O–H groups in total. The second-order valence-corrected chi connectivity index (χ2v) is 5.28. The van der Waals surface area contributed by atoms with Gasteiger partial charge in [0.2, 0.25) is 0 Å². The minimum atomic E-state index is 0.455. The van der Waals surface area contributed by atoms with Crippen molar-refractivity contribution in [2.24, 2.45) is 5.92 Å². The summed E-state index contributed by atoms with van der Waals surface area (Å²) < 4.78 is 11.3. The van der Waals surface area contributed by atoms with Crippen LogP contribution in [0.1, 0.15) is 51.9 Å². The predicted molar refractivity (Wildman–Crippen MR) is 60.9 cm³/mol. The van der Waals surface area contributed by atoms with Gasteiger partial charge in [-0.1, -0.05) is 12.8 Å². The minimum absolute atomic E-state index is 0.455. The first-order chi connectivity index (χ1) is 7.28. The molecule has 2 nitrogen and oxygen atoms in total. The van der Waals surface area contributed by atoms with Crippen molar-refractivity contribution in [1.29, 1.82) is 0 Å². The average molecular weight is 212 g/mol. The first kappa shape index (κ1) is 11.4. The number of hydrogen-bond acceptors (Lipinski definition) is 2. The highest BCUT2D eigenvalue weighted by atomic mass is 16.5. The van der Waals surface area contributed by atoms with Gasteiger partial charge in [-0.05, 0) is 44.9 Å². The standard InChI is InChI=1S/C13H24O2/c1-10(15-12-5-3-4-6-12)7-11-8-13(9-11)14-2/h10-13H,3-9H2,1-2H3. The largest absolute Gasteiger partial charge is 0.381 e. The summed E-state index contributed by atoms with van der Waals surface area (Å²) in [4.78, 5) is 0. The van der Waals surface area contributed by atoms with Gasteiger partial charge >= 0.3 is 0 Å². The summed E-state index contributed by atoms with van der Waals surface area (Å²) in [6.07, 6.45) is 10.6. The Hall–Kier alpha value is -0.0800. The molecule has 2 saturated carbocycles. The molecule has 2 fully saturated rings. The van der Waals surface area contributed by atoms with Gasteiger partial charge in [0.05, 0.1) is 18.3 Å². The lowest BCUT2D eigenvalue weighted by atomic mass is 9.79. The van der Waals surface area contributed by atoms with Crippen LogP contribution in [0.2, 0.25) is 0 Å².